The summed E-state index contributed by atoms with van der Waals surface area (Å²) in [7, 11) is 0. The molecule has 1 N–H and O–H groups in total. The number of hydrogen-bond donors (Lipinski definition) is 1. The Hall–Kier alpha value is -1.84. The molecule has 1 aromatic carbocycles. The highest BCUT2D eigenvalue weighted by Gasteiger charge is 2.37. The zero-order valence-corrected chi connectivity index (χ0v) is 16.4. The van der Waals surface area contributed by atoms with Crippen molar-refractivity contribution in [2.75, 3.05) is 11.4 Å². The van der Waals surface area contributed by atoms with Crippen molar-refractivity contribution in [1.29, 1.82) is 0 Å². The van der Waals surface area contributed by atoms with Crippen LogP contribution >= 0.6 is 0 Å². The number of hydrogen-bond acceptors (Lipinski definition) is 2. The topological polar surface area (TPSA) is 49.4 Å². The molecule has 138 valence electrons. The van der Waals surface area contributed by atoms with E-state index in [-0.39, 0.29) is 23.8 Å². The van der Waals surface area contributed by atoms with Gasteiger partial charge in [0.2, 0.25) is 11.8 Å². The Kier molecular flexibility index (Phi) is 6.26. The van der Waals surface area contributed by atoms with Crippen molar-refractivity contribution >= 4 is 17.5 Å². The van der Waals surface area contributed by atoms with Gasteiger partial charge >= 0.3 is 0 Å². The monoisotopic (exact) mass is 344 g/mol. The van der Waals surface area contributed by atoms with Gasteiger partial charge in [-0.25, -0.2) is 0 Å². The fourth-order valence-corrected chi connectivity index (χ4v) is 3.39. The van der Waals surface area contributed by atoms with Gasteiger partial charge < -0.3 is 10.2 Å². The van der Waals surface area contributed by atoms with Crippen LogP contribution in [-0.4, -0.2) is 24.4 Å². The zero-order chi connectivity index (χ0) is 18.7. The SMILES string of the molecule is CCC(C)NC(=O)C1CC(=O)N(c2c(C(C)C)cccc2C(C)C)C1. The average Bonchev–Trinajstić information content (AvgIpc) is 2.95. The van der Waals surface area contributed by atoms with Gasteiger partial charge in [-0.05, 0) is 36.3 Å². The van der Waals surface area contributed by atoms with Gasteiger partial charge in [0.05, 0.1) is 11.6 Å². The van der Waals surface area contributed by atoms with E-state index in [1.165, 1.54) is 11.1 Å². The molecule has 2 atom stereocenters. The molecule has 4 heteroatoms. The molecule has 0 aliphatic carbocycles. The van der Waals surface area contributed by atoms with E-state index in [9.17, 15) is 9.59 Å². The lowest BCUT2D eigenvalue weighted by Crippen LogP contribution is -2.38. The summed E-state index contributed by atoms with van der Waals surface area (Å²) in [5, 5.41) is 3.02. The van der Waals surface area contributed by atoms with E-state index >= 15 is 0 Å². The standard InChI is InChI=1S/C21H32N2O2/c1-7-15(6)22-21(25)16-11-19(24)23(12-16)20-17(13(2)3)9-8-10-18(20)14(4)5/h8-10,13-16H,7,11-12H2,1-6H3,(H,22,25). The first-order valence-corrected chi connectivity index (χ1v) is 9.49. The summed E-state index contributed by atoms with van der Waals surface area (Å²) >= 11 is 0. The van der Waals surface area contributed by atoms with Crippen LogP contribution in [-0.2, 0) is 9.59 Å². The van der Waals surface area contributed by atoms with E-state index in [1.54, 1.807) is 0 Å². The predicted octanol–water partition coefficient (Wildman–Crippen LogP) is 4.20. The van der Waals surface area contributed by atoms with Gasteiger partial charge in [0, 0.05) is 19.0 Å². The molecule has 0 radical (unpaired) electrons. The number of nitrogens with zero attached hydrogens (tertiary/aromatic N) is 1. The third-order valence-electron chi connectivity index (χ3n) is 5.11. The van der Waals surface area contributed by atoms with Crippen molar-refractivity contribution in [2.24, 2.45) is 5.92 Å². The van der Waals surface area contributed by atoms with E-state index < -0.39 is 0 Å². The van der Waals surface area contributed by atoms with Crippen molar-refractivity contribution in [2.45, 2.75) is 72.3 Å². The van der Waals surface area contributed by atoms with E-state index in [1.807, 2.05) is 18.7 Å². The van der Waals surface area contributed by atoms with E-state index in [0.29, 0.717) is 24.8 Å². The first kappa shape index (κ1) is 19.5. The van der Waals surface area contributed by atoms with Crippen LogP contribution in [0.1, 0.15) is 77.3 Å². The number of amides is 2. The first-order valence-electron chi connectivity index (χ1n) is 9.49. The second kappa shape index (κ2) is 8.03. The summed E-state index contributed by atoms with van der Waals surface area (Å²) in [6.07, 6.45) is 1.19. The predicted molar refractivity (Wildman–Crippen MR) is 103 cm³/mol. The van der Waals surface area contributed by atoms with Crippen molar-refractivity contribution in [1.82, 2.24) is 5.32 Å². The number of anilines is 1. The maximum absolute atomic E-state index is 12.7. The van der Waals surface area contributed by atoms with Crippen molar-refractivity contribution < 1.29 is 9.59 Å². The summed E-state index contributed by atoms with van der Waals surface area (Å²) in [5.74, 6) is 0.448. The highest BCUT2D eigenvalue weighted by Crippen LogP contribution is 2.38. The number of rotatable bonds is 6. The Balaban J connectivity index is 2.33. The fraction of sp³-hybridized carbons (Fsp3) is 0.619. The summed E-state index contributed by atoms with van der Waals surface area (Å²) in [4.78, 5) is 27.1. The van der Waals surface area contributed by atoms with Crippen LogP contribution in [0.3, 0.4) is 0 Å². The van der Waals surface area contributed by atoms with Crippen LogP contribution in [0.5, 0.6) is 0 Å². The van der Waals surface area contributed by atoms with Gasteiger partial charge in [-0.2, -0.15) is 0 Å². The van der Waals surface area contributed by atoms with Gasteiger partial charge in [-0.1, -0.05) is 52.8 Å². The lowest BCUT2D eigenvalue weighted by atomic mass is 9.92. The molecule has 4 nitrogen and oxygen atoms in total. The molecule has 0 saturated carbocycles. The summed E-state index contributed by atoms with van der Waals surface area (Å²) in [6.45, 7) is 13.1. The molecule has 0 bridgehead atoms. The highest BCUT2D eigenvalue weighted by atomic mass is 16.2. The summed E-state index contributed by atoms with van der Waals surface area (Å²) < 4.78 is 0. The Bertz CT molecular complexity index is 611. The molecule has 1 aliphatic rings. The molecule has 25 heavy (non-hydrogen) atoms. The Labute approximate surface area is 152 Å². The molecule has 1 aromatic rings. The minimum absolute atomic E-state index is 0.00155. The second-order valence-corrected chi connectivity index (χ2v) is 7.82. The number of benzene rings is 1. The summed E-state index contributed by atoms with van der Waals surface area (Å²) in [5.41, 5.74) is 3.39. The largest absolute Gasteiger partial charge is 0.353 e. The van der Waals surface area contributed by atoms with E-state index in [2.05, 4.69) is 51.2 Å². The maximum Gasteiger partial charge on any atom is 0.227 e. The lowest BCUT2D eigenvalue weighted by Gasteiger charge is -2.27. The fourth-order valence-electron chi connectivity index (χ4n) is 3.39. The minimum Gasteiger partial charge on any atom is -0.353 e. The van der Waals surface area contributed by atoms with Crippen LogP contribution in [0.2, 0.25) is 0 Å². The van der Waals surface area contributed by atoms with Crippen LogP contribution in [0, 0.1) is 5.92 Å². The minimum atomic E-state index is -0.262. The molecule has 0 spiro atoms. The number of nitrogens with one attached hydrogen (secondary N) is 1. The van der Waals surface area contributed by atoms with Gasteiger partial charge in [0.15, 0.2) is 0 Å². The van der Waals surface area contributed by atoms with Crippen molar-refractivity contribution in [3.8, 4) is 0 Å². The molecule has 1 saturated heterocycles. The molecule has 1 heterocycles. The number of carbonyl (C=O) groups is 2. The Morgan fingerprint density at radius 1 is 1.16 bits per heavy atom. The molecule has 2 amide bonds. The van der Waals surface area contributed by atoms with Gasteiger partial charge in [0.25, 0.3) is 0 Å². The van der Waals surface area contributed by atoms with Gasteiger partial charge in [-0.3, -0.25) is 9.59 Å². The second-order valence-electron chi connectivity index (χ2n) is 7.82. The Morgan fingerprint density at radius 2 is 1.72 bits per heavy atom. The lowest BCUT2D eigenvalue weighted by molar-refractivity contribution is -0.126. The smallest absolute Gasteiger partial charge is 0.227 e. The quantitative estimate of drug-likeness (QED) is 0.841. The van der Waals surface area contributed by atoms with E-state index in [4.69, 9.17) is 0 Å². The third-order valence-corrected chi connectivity index (χ3v) is 5.11. The number of para-hydroxylation sites is 1. The zero-order valence-electron chi connectivity index (χ0n) is 16.4. The summed E-state index contributed by atoms with van der Waals surface area (Å²) in [6, 6.07) is 6.42. The molecular formula is C21H32N2O2. The first-order chi connectivity index (χ1) is 11.8. The van der Waals surface area contributed by atoms with Gasteiger partial charge in [0.1, 0.15) is 0 Å². The van der Waals surface area contributed by atoms with Crippen molar-refractivity contribution in [3.63, 3.8) is 0 Å². The van der Waals surface area contributed by atoms with Crippen LogP contribution in [0.15, 0.2) is 18.2 Å². The maximum atomic E-state index is 12.7. The Morgan fingerprint density at radius 3 is 2.20 bits per heavy atom. The average molecular weight is 344 g/mol. The van der Waals surface area contributed by atoms with Crippen LogP contribution in [0.25, 0.3) is 0 Å². The molecular weight excluding hydrogens is 312 g/mol. The normalized spacial score (nSPS) is 19.0. The highest BCUT2D eigenvalue weighted by molar-refractivity contribution is 6.01. The third kappa shape index (κ3) is 4.23. The molecule has 1 aliphatic heterocycles. The molecule has 2 unspecified atom stereocenters. The van der Waals surface area contributed by atoms with Crippen LogP contribution < -0.4 is 10.2 Å². The van der Waals surface area contributed by atoms with Crippen LogP contribution in [0.4, 0.5) is 5.69 Å². The van der Waals surface area contributed by atoms with Crippen molar-refractivity contribution in [3.05, 3.63) is 29.3 Å². The number of carbonyl (C=O) groups excluding carboxylic acids is 2. The van der Waals surface area contributed by atoms with Gasteiger partial charge in [-0.15, -0.1) is 0 Å². The molecule has 1 fully saturated rings. The molecule has 0 aromatic heterocycles. The molecule has 2 rings (SSSR count). The van der Waals surface area contributed by atoms with E-state index in [0.717, 1.165) is 12.1 Å².